The van der Waals surface area contributed by atoms with Gasteiger partial charge in [-0.3, -0.25) is 0 Å². The zero-order valence-corrected chi connectivity index (χ0v) is 14.2. The minimum Gasteiger partial charge on any atom is -0.207 e. The molecule has 108 valence electrons. The first-order valence-electron chi connectivity index (χ1n) is 5.46. The summed E-state index contributed by atoms with van der Waals surface area (Å²) >= 11 is 18.6. The van der Waals surface area contributed by atoms with Gasteiger partial charge in [0.05, 0.1) is 4.34 Å². The predicted octanol–water partition coefficient (Wildman–Crippen LogP) is 4.53. The van der Waals surface area contributed by atoms with Crippen molar-refractivity contribution in [3.8, 4) is 0 Å². The van der Waals surface area contributed by atoms with Gasteiger partial charge < -0.3 is 0 Å². The lowest BCUT2D eigenvalue weighted by atomic mass is 10.2. The second kappa shape index (κ2) is 6.22. The average Bonchev–Trinajstić information content (AvgIpc) is 2.69. The highest BCUT2D eigenvalue weighted by Gasteiger charge is 2.25. The first-order valence-corrected chi connectivity index (χ1v) is 8.85. The Bertz CT molecular complexity index is 728. The Morgan fingerprint density at radius 2 is 1.90 bits per heavy atom. The number of benzene rings is 1. The van der Waals surface area contributed by atoms with E-state index in [1.54, 1.807) is 24.3 Å². The fourth-order valence-electron chi connectivity index (χ4n) is 1.65. The van der Waals surface area contributed by atoms with E-state index >= 15 is 0 Å². The van der Waals surface area contributed by atoms with E-state index in [4.69, 9.17) is 34.8 Å². The largest absolute Gasteiger partial charge is 0.245 e. The smallest absolute Gasteiger partial charge is 0.207 e. The van der Waals surface area contributed by atoms with Crippen LogP contribution in [-0.4, -0.2) is 19.8 Å². The summed E-state index contributed by atoms with van der Waals surface area (Å²) in [6.07, 6.45) is 0. The number of halogens is 3. The number of sulfonamides is 1. The van der Waals surface area contributed by atoms with E-state index in [1.165, 1.54) is 17.4 Å². The Kier molecular flexibility index (Phi) is 5.00. The van der Waals surface area contributed by atoms with Crippen molar-refractivity contribution in [3.05, 3.63) is 49.6 Å². The van der Waals surface area contributed by atoms with E-state index in [-0.39, 0.29) is 15.8 Å². The van der Waals surface area contributed by atoms with E-state index in [1.807, 2.05) is 0 Å². The molecule has 0 N–H and O–H groups in total. The Hall–Kier alpha value is -0.300. The number of rotatable bonds is 4. The van der Waals surface area contributed by atoms with Crippen LogP contribution in [0.1, 0.15) is 5.56 Å². The highest BCUT2D eigenvalue weighted by molar-refractivity contribution is 7.89. The lowest BCUT2D eigenvalue weighted by molar-refractivity contribution is 0.467. The molecule has 0 radical (unpaired) electrons. The van der Waals surface area contributed by atoms with Crippen LogP contribution in [0.5, 0.6) is 0 Å². The van der Waals surface area contributed by atoms with Gasteiger partial charge >= 0.3 is 0 Å². The number of nitrogens with zero attached hydrogens (tertiary/aromatic N) is 1. The zero-order chi connectivity index (χ0) is 14.9. The molecule has 1 aromatic heterocycles. The molecule has 0 amide bonds. The third-order valence-corrected chi connectivity index (χ3v) is 6.40. The molecule has 0 saturated carbocycles. The van der Waals surface area contributed by atoms with E-state index in [9.17, 15) is 8.42 Å². The molecule has 0 spiro atoms. The van der Waals surface area contributed by atoms with Crippen LogP contribution >= 0.6 is 46.1 Å². The fraction of sp³-hybridized carbons (Fsp3) is 0.167. The molecule has 0 bridgehead atoms. The molecular weight excluding hydrogens is 361 g/mol. The molecule has 8 heteroatoms. The van der Waals surface area contributed by atoms with Crippen LogP contribution in [0.4, 0.5) is 0 Å². The monoisotopic (exact) mass is 369 g/mol. The molecule has 2 aromatic rings. The van der Waals surface area contributed by atoms with Crippen LogP contribution in [0.15, 0.2) is 35.2 Å². The minimum absolute atomic E-state index is 0.0266. The molecule has 0 saturated heterocycles. The van der Waals surface area contributed by atoms with Crippen molar-refractivity contribution in [2.45, 2.75) is 11.4 Å². The topological polar surface area (TPSA) is 37.4 Å². The van der Waals surface area contributed by atoms with E-state index < -0.39 is 10.0 Å². The summed E-state index contributed by atoms with van der Waals surface area (Å²) in [4.78, 5) is 0.0266. The van der Waals surface area contributed by atoms with E-state index in [0.29, 0.717) is 9.36 Å². The molecule has 3 nitrogen and oxygen atoms in total. The summed E-state index contributed by atoms with van der Waals surface area (Å²) in [5, 5.41) is 0.560. The summed E-state index contributed by atoms with van der Waals surface area (Å²) in [6.45, 7) is 0.201. The van der Waals surface area contributed by atoms with Crippen LogP contribution in [0.3, 0.4) is 0 Å². The van der Waals surface area contributed by atoms with Crippen molar-refractivity contribution in [2.75, 3.05) is 7.05 Å². The fourth-order valence-corrected chi connectivity index (χ4v) is 5.13. The van der Waals surface area contributed by atoms with Crippen molar-refractivity contribution < 1.29 is 8.42 Å². The van der Waals surface area contributed by atoms with Crippen molar-refractivity contribution in [1.82, 2.24) is 4.31 Å². The highest BCUT2D eigenvalue weighted by atomic mass is 35.5. The van der Waals surface area contributed by atoms with E-state index in [0.717, 1.165) is 16.9 Å². The Morgan fingerprint density at radius 1 is 1.20 bits per heavy atom. The van der Waals surface area contributed by atoms with Crippen LogP contribution in [0, 0.1) is 0 Å². The molecule has 1 aromatic carbocycles. The summed E-state index contributed by atoms with van der Waals surface area (Å²) < 4.78 is 26.5. The molecular formula is C12H10Cl3NO2S2. The SMILES string of the molecule is CN(Cc1cccc(Cl)c1)S(=O)(=O)c1cc(Cl)sc1Cl. The van der Waals surface area contributed by atoms with Gasteiger partial charge in [0.25, 0.3) is 0 Å². The standard InChI is InChI=1S/C12H10Cl3NO2S2/c1-16(7-8-3-2-4-9(13)5-8)20(17,18)10-6-11(14)19-12(10)15/h2-6H,7H2,1H3. The van der Waals surface area contributed by atoms with Gasteiger partial charge in [-0.1, -0.05) is 46.9 Å². The summed E-state index contributed by atoms with van der Waals surface area (Å²) in [5.41, 5.74) is 0.793. The maximum atomic E-state index is 12.4. The second-order valence-corrected chi connectivity index (χ2v) is 8.81. The van der Waals surface area contributed by atoms with Crippen molar-refractivity contribution in [1.29, 1.82) is 0 Å². The predicted molar refractivity (Wildman–Crippen MR) is 84.4 cm³/mol. The second-order valence-electron chi connectivity index (χ2n) is 4.08. The van der Waals surface area contributed by atoms with Gasteiger partial charge in [-0.05, 0) is 23.8 Å². The number of hydrogen-bond acceptors (Lipinski definition) is 3. The van der Waals surface area contributed by atoms with Gasteiger partial charge in [0.2, 0.25) is 10.0 Å². The first kappa shape index (κ1) is 16.1. The normalized spacial score (nSPS) is 12.1. The van der Waals surface area contributed by atoms with Crippen molar-refractivity contribution >= 4 is 56.2 Å². The maximum Gasteiger partial charge on any atom is 0.245 e. The van der Waals surface area contributed by atoms with Gasteiger partial charge in [-0.15, -0.1) is 11.3 Å². The summed E-state index contributed by atoms with van der Waals surface area (Å²) in [7, 11) is -2.19. The number of thiophene rings is 1. The van der Waals surface area contributed by atoms with Crippen LogP contribution in [0.25, 0.3) is 0 Å². The van der Waals surface area contributed by atoms with Crippen LogP contribution in [0.2, 0.25) is 13.7 Å². The average molecular weight is 371 g/mol. The third-order valence-electron chi connectivity index (χ3n) is 2.61. The zero-order valence-electron chi connectivity index (χ0n) is 10.3. The molecule has 20 heavy (non-hydrogen) atoms. The van der Waals surface area contributed by atoms with Gasteiger partial charge in [-0.2, -0.15) is 4.31 Å². The quantitative estimate of drug-likeness (QED) is 0.793. The first-order chi connectivity index (χ1) is 9.30. The molecule has 0 aliphatic heterocycles. The summed E-state index contributed by atoms with van der Waals surface area (Å²) in [5.74, 6) is 0. The highest BCUT2D eigenvalue weighted by Crippen LogP contribution is 2.35. The Labute approximate surface area is 136 Å². The third kappa shape index (κ3) is 3.47. The maximum absolute atomic E-state index is 12.4. The van der Waals surface area contributed by atoms with Crippen LogP contribution in [-0.2, 0) is 16.6 Å². The van der Waals surface area contributed by atoms with Gasteiger partial charge in [0, 0.05) is 18.6 Å². The molecule has 0 fully saturated rings. The lowest BCUT2D eigenvalue weighted by Crippen LogP contribution is -2.26. The lowest BCUT2D eigenvalue weighted by Gasteiger charge is -2.16. The number of hydrogen-bond donors (Lipinski definition) is 0. The van der Waals surface area contributed by atoms with Crippen LogP contribution < -0.4 is 0 Å². The molecule has 1 heterocycles. The molecule has 0 atom stereocenters. The van der Waals surface area contributed by atoms with Crippen molar-refractivity contribution in [2.24, 2.45) is 0 Å². The molecule has 0 unspecified atom stereocenters. The van der Waals surface area contributed by atoms with E-state index in [2.05, 4.69) is 0 Å². The minimum atomic E-state index is -3.68. The summed E-state index contributed by atoms with van der Waals surface area (Å²) in [6, 6.07) is 8.38. The Balaban J connectivity index is 2.28. The van der Waals surface area contributed by atoms with Crippen molar-refractivity contribution in [3.63, 3.8) is 0 Å². The Morgan fingerprint density at radius 3 is 2.45 bits per heavy atom. The van der Waals surface area contributed by atoms with Gasteiger partial charge in [0.1, 0.15) is 9.23 Å². The van der Waals surface area contributed by atoms with Gasteiger partial charge in [0.15, 0.2) is 0 Å². The molecule has 0 aliphatic carbocycles. The molecule has 0 aliphatic rings. The molecule has 2 rings (SSSR count). The van der Waals surface area contributed by atoms with Gasteiger partial charge in [-0.25, -0.2) is 8.42 Å².